The summed E-state index contributed by atoms with van der Waals surface area (Å²) < 4.78 is 17.4. The normalized spacial score (nSPS) is 12.6. The molecule has 3 nitrogen and oxygen atoms in total. The molecule has 5 heteroatoms. The van der Waals surface area contributed by atoms with Crippen LogP contribution in [-0.2, 0) is 23.1 Å². The van der Waals surface area contributed by atoms with Gasteiger partial charge in [0.15, 0.2) is 0 Å². The smallest absolute Gasteiger partial charge is 0.117 e. The molecule has 2 rings (SSSR count). The van der Waals surface area contributed by atoms with E-state index in [1.807, 2.05) is 0 Å². The van der Waals surface area contributed by atoms with Gasteiger partial charge < -0.3 is 10.2 Å². The molecule has 0 aliphatic heterocycles. The third kappa shape index (κ3) is 3.19. The van der Waals surface area contributed by atoms with Crippen molar-refractivity contribution in [3.05, 3.63) is 52.9 Å². The summed E-state index contributed by atoms with van der Waals surface area (Å²) in [5, 5.41) is 0.581. The third-order valence-electron chi connectivity index (χ3n) is 2.25. The van der Waals surface area contributed by atoms with Crippen molar-refractivity contribution in [3.63, 3.8) is 0 Å². The van der Waals surface area contributed by atoms with Gasteiger partial charge in [-0.25, -0.2) is 0 Å². The fourth-order valence-electron chi connectivity index (χ4n) is 1.43. The van der Waals surface area contributed by atoms with Gasteiger partial charge in [-0.2, -0.15) is 0 Å². The van der Waals surface area contributed by atoms with E-state index in [1.54, 1.807) is 36.4 Å². The van der Waals surface area contributed by atoms with E-state index in [-0.39, 0.29) is 0 Å². The van der Waals surface area contributed by atoms with Gasteiger partial charge in [0, 0.05) is 9.92 Å². The molecule has 0 fully saturated rings. The monoisotopic (exact) mass is 269 g/mol. The summed E-state index contributed by atoms with van der Waals surface area (Å²) in [6, 6.07) is 10.6. The molecule has 0 amide bonds. The minimum Gasteiger partial charge on any atom is -0.464 e. The average molecular weight is 270 g/mol. The zero-order valence-electron chi connectivity index (χ0n) is 9.06. The lowest BCUT2D eigenvalue weighted by atomic mass is 10.4. The summed E-state index contributed by atoms with van der Waals surface area (Å²) in [7, 11) is -1.15. The Labute approximate surface area is 107 Å². The molecule has 1 aromatic heterocycles. The maximum Gasteiger partial charge on any atom is 0.117 e. The van der Waals surface area contributed by atoms with Gasteiger partial charge in [-0.3, -0.25) is 4.21 Å². The number of hydrogen-bond donors (Lipinski definition) is 1. The van der Waals surface area contributed by atoms with E-state index in [0.717, 1.165) is 0 Å². The highest BCUT2D eigenvalue weighted by Crippen LogP contribution is 2.18. The van der Waals surface area contributed by atoms with Crippen LogP contribution in [0.25, 0.3) is 0 Å². The van der Waals surface area contributed by atoms with Crippen molar-refractivity contribution < 1.29 is 8.63 Å². The summed E-state index contributed by atoms with van der Waals surface area (Å²) in [4.78, 5) is 0.697. The molecule has 0 spiro atoms. The molecule has 2 N–H and O–H groups in total. The van der Waals surface area contributed by atoms with Crippen LogP contribution in [-0.4, -0.2) is 4.21 Å². The second-order valence-electron chi connectivity index (χ2n) is 3.52. The Balaban J connectivity index is 2.11. The quantitative estimate of drug-likeness (QED) is 0.928. The largest absolute Gasteiger partial charge is 0.464 e. The molecule has 1 unspecified atom stereocenters. The van der Waals surface area contributed by atoms with E-state index in [0.29, 0.717) is 33.7 Å². The van der Waals surface area contributed by atoms with Gasteiger partial charge in [0.05, 0.1) is 23.1 Å². The van der Waals surface area contributed by atoms with Crippen LogP contribution in [0, 0.1) is 0 Å². The molecule has 0 bridgehead atoms. The van der Waals surface area contributed by atoms with Crippen molar-refractivity contribution in [1.29, 1.82) is 0 Å². The van der Waals surface area contributed by atoms with Crippen LogP contribution in [0.15, 0.2) is 45.7 Å². The first-order valence-electron chi connectivity index (χ1n) is 5.10. The summed E-state index contributed by atoms with van der Waals surface area (Å²) in [6.45, 7) is 0.351. The Morgan fingerprint density at radius 1 is 1.24 bits per heavy atom. The fourth-order valence-corrected chi connectivity index (χ4v) is 2.75. The Morgan fingerprint density at radius 3 is 2.65 bits per heavy atom. The molecular weight excluding hydrogens is 258 g/mol. The number of hydrogen-bond acceptors (Lipinski definition) is 3. The number of benzene rings is 1. The van der Waals surface area contributed by atoms with Crippen molar-refractivity contribution in [2.45, 2.75) is 17.2 Å². The lowest BCUT2D eigenvalue weighted by Crippen LogP contribution is -1.96. The van der Waals surface area contributed by atoms with Crippen molar-refractivity contribution in [1.82, 2.24) is 0 Å². The maximum atomic E-state index is 12.0. The van der Waals surface area contributed by atoms with E-state index >= 15 is 0 Å². The summed E-state index contributed by atoms with van der Waals surface area (Å²) in [5.74, 6) is 1.70. The first kappa shape index (κ1) is 12.4. The minimum absolute atomic E-state index is 0.334. The highest BCUT2D eigenvalue weighted by molar-refractivity contribution is 7.84. The number of halogens is 1. The van der Waals surface area contributed by atoms with Crippen LogP contribution in [0.5, 0.6) is 0 Å². The molecule has 2 aromatic rings. The summed E-state index contributed by atoms with van der Waals surface area (Å²) >= 11 is 5.84. The van der Waals surface area contributed by atoms with Crippen LogP contribution < -0.4 is 5.73 Å². The van der Waals surface area contributed by atoms with Gasteiger partial charge in [-0.15, -0.1) is 0 Å². The molecule has 0 aliphatic carbocycles. The van der Waals surface area contributed by atoms with E-state index in [4.69, 9.17) is 21.8 Å². The van der Waals surface area contributed by atoms with Gasteiger partial charge in [0.25, 0.3) is 0 Å². The standard InChI is InChI=1S/C12H12ClNO2S/c13-9-2-1-3-12(6-9)17(15)8-11-5-4-10(7-14)16-11/h1-6H,7-8,14H2. The molecule has 1 atom stereocenters. The van der Waals surface area contributed by atoms with E-state index in [1.165, 1.54) is 0 Å². The van der Waals surface area contributed by atoms with Crippen LogP contribution in [0.4, 0.5) is 0 Å². The molecule has 0 saturated heterocycles. The van der Waals surface area contributed by atoms with Crippen molar-refractivity contribution in [2.24, 2.45) is 5.73 Å². The molecule has 17 heavy (non-hydrogen) atoms. The lowest BCUT2D eigenvalue weighted by molar-refractivity contribution is 0.481. The van der Waals surface area contributed by atoms with Crippen LogP contribution in [0.1, 0.15) is 11.5 Å². The molecule has 1 heterocycles. The highest BCUT2D eigenvalue weighted by atomic mass is 35.5. The lowest BCUT2D eigenvalue weighted by Gasteiger charge is -2.00. The molecule has 0 radical (unpaired) electrons. The van der Waals surface area contributed by atoms with E-state index in [9.17, 15) is 4.21 Å². The summed E-state index contributed by atoms with van der Waals surface area (Å²) in [6.07, 6.45) is 0. The topological polar surface area (TPSA) is 56.2 Å². The highest BCUT2D eigenvalue weighted by Gasteiger charge is 2.08. The SMILES string of the molecule is NCc1ccc(CS(=O)c2cccc(Cl)c2)o1. The van der Waals surface area contributed by atoms with Gasteiger partial charge >= 0.3 is 0 Å². The predicted octanol–water partition coefficient (Wildman–Crippen LogP) is 2.70. The predicted molar refractivity (Wildman–Crippen MR) is 68.2 cm³/mol. The first-order chi connectivity index (χ1) is 8.19. The fraction of sp³-hybridized carbons (Fsp3) is 0.167. The zero-order valence-corrected chi connectivity index (χ0v) is 10.6. The first-order valence-corrected chi connectivity index (χ1v) is 6.80. The third-order valence-corrected chi connectivity index (χ3v) is 3.81. The number of rotatable bonds is 4. The van der Waals surface area contributed by atoms with Gasteiger partial charge in [0.2, 0.25) is 0 Å². The van der Waals surface area contributed by atoms with Crippen molar-refractivity contribution >= 4 is 22.4 Å². The second kappa shape index (κ2) is 5.49. The maximum absolute atomic E-state index is 12.0. The average Bonchev–Trinajstić information content (AvgIpc) is 2.77. The Bertz CT molecular complexity index is 539. The van der Waals surface area contributed by atoms with E-state index < -0.39 is 10.8 Å². The second-order valence-corrected chi connectivity index (χ2v) is 5.41. The Morgan fingerprint density at radius 2 is 2.00 bits per heavy atom. The number of nitrogens with two attached hydrogens (primary N) is 1. The van der Waals surface area contributed by atoms with Crippen LogP contribution in [0.3, 0.4) is 0 Å². The van der Waals surface area contributed by atoms with Crippen molar-refractivity contribution in [3.8, 4) is 0 Å². The van der Waals surface area contributed by atoms with Crippen LogP contribution in [0.2, 0.25) is 5.02 Å². The van der Waals surface area contributed by atoms with Crippen molar-refractivity contribution in [2.75, 3.05) is 0 Å². The Hall–Kier alpha value is -1.10. The summed E-state index contributed by atoms with van der Waals surface area (Å²) in [5.41, 5.74) is 5.44. The van der Waals surface area contributed by atoms with Gasteiger partial charge in [0.1, 0.15) is 11.5 Å². The molecule has 0 saturated carbocycles. The molecule has 0 aliphatic rings. The minimum atomic E-state index is -1.15. The zero-order chi connectivity index (χ0) is 12.3. The molecule has 90 valence electrons. The Kier molecular flexibility index (Phi) is 3.99. The van der Waals surface area contributed by atoms with E-state index in [2.05, 4.69) is 0 Å². The number of furan rings is 1. The molecular formula is C12H12ClNO2S. The van der Waals surface area contributed by atoms with Gasteiger partial charge in [-0.1, -0.05) is 17.7 Å². The van der Waals surface area contributed by atoms with Gasteiger partial charge in [-0.05, 0) is 30.3 Å². The molecule has 1 aromatic carbocycles. The van der Waals surface area contributed by atoms with Crippen LogP contribution >= 0.6 is 11.6 Å².